The lowest BCUT2D eigenvalue weighted by Gasteiger charge is -2.24. The Morgan fingerprint density at radius 1 is 1.43 bits per heavy atom. The molecule has 0 aromatic carbocycles. The van der Waals surface area contributed by atoms with E-state index in [-0.39, 0.29) is 0 Å². The van der Waals surface area contributed by atoms with Crippen LogP contribution >= 0.6 is 11.8 Å². The Morgan fingerprint density at radius 3 is 3.14 bits per heavy atom. The molecule has 3 nitrogen and oxygen atoms in total. The second-order valence-electron chi connectivity index (χ2n) is 3.76. The van der Waals surface area contributed by atoms with Gasteiger partial charge in [-0.25, -0.2) is 0 Å². The standard InChI is InChI=1S/C10H18N2OS/c1-2-6-13-9(4-1)8-12-10-11-5-3-7-14-10/h9H,1-8H2,(H,11,12). The lowest BCUT2D eigenvalue weighted by Crippen LogP contribution is -2.35. The Labute approximate surface area is 89.7 Å². The summed E-state index contributed by atoms with van der Waals surface area (Å²) in [6, 6.07) is 0. The zero-order chi connectivity index (χ0) is 9.64. The molecule has 2 rings (SSSR count). The van der Waals surface area contributed by atoms with Crippen LogP contribution in [0.15, 0.2) is 4.99 Å². The van der Waals surface area contributed by atoms with E-state index in [0.717, 1.165) is 24.9 Å². The van der Waals surface area contributed by atoms with Gasteiger partial charge in [0.1, 0.15) is 0 Å². The highest BCUT2D eigenvalue weighted by Gasteiger charge is 2.14. The summed E-state index contributed by atoms with van der Waals surface area (Å²) < 4.78 is 5.64. The molecule has 0 aromatic rings. The molecule has 0 saturated carbocycles. The van der Waals surface area contributed by atoms with Crippen LogP contribution in [0.3, 0.4) is 0 Å². The van der Waals surface area contributed by atoms with E-state index in [2.05, 4.69) is 10.3 Å². The first-order chi connectivity index (χ1) is 6.95. The number of nitrogens with one attached hydrogen (secondary N) is 1. The largest absolute Gasteiger partial charge is 0.376 e. The molecule has 2 aliphatic rings. The molecule has 1 unspecified atom stereocenters. The van der Waals surface area contributed by atoms with Crippen LogP contribution in [0.25, 0.3) is 0 Å². The van der Waals surface area contributed by atoms with E-state index in [1.807, 2.05) is 11.8 Å². The molecule has 1 N–H and O–H groups in total. The molecule has 4 heteroatoms. The van der Waals surface area contributed by atoms with Crippen LogP contribution < -0.4 is 5.32 Å². The molecule has 0 spiro atoms. The first kappa shape index (κ1) is 10.3. The second kappa shape index (κ2) is 5.61. The summed E-state index contributed by atoms with van der Waals surface area (Å²) in [6.45, 7) is 2.86. The van der Waals surface area contributed by atoms with E-state index in [1.54, 1.807) is 0 Å². The number of hydrogen-bond donors (Lipinski definition) is 1. The summed E-state index contributed by atoms with van der Waals surface area (Å²) in [6.07, 6.45) is 5.37. The molecule has 1 saturated heterocycles. The Morgan fingerprint density at radius 2 is 2.43 bits per heavy atom. The van der Waals surface area contributed by atoms with Crippen molar-refractivity contribution in [2.45, 2.75) is 31.8 Å². The van der Waals surface area contributed by atoms with E-state index >= 15 is 0 Å². The van der Waals surface area contributed by atoms with E-state index in [9.17, 15) is 0 Å². The number of nitrogens with zero attached hydrogens (tertiary/aromatic N) is 1. The fourth-order valence-corrected chi connectivity index (χ4v) is 2.57. The van der Waals surface area contributed by atoms with E-state index < -0.39 is 0 Å². The summed E-state index contributed by atoms with van der Waals surface area (Å²) in [4.78, 5) is 4.43. The van der Waals surface area contributed by atoms with Gasteiger partial charge in [-0.3, -0.25) is 4.99 Å². The summed E-state index contributed by atoms with van der Waals surface area (Å²) in [5.41, 5.74) is 0. The molecule has 0 amide bonds. The zero-order valence-corrected chi connectivity index (χ0v) is 9.31. The number of amidine groups is 1. The lowest BCUT2D eigenvalue weighted by atomic mass is 10.1. The summed E-state index contributed by atoms with van der Waals surface area (Å²) in [5.74, 6) is 1.21. The van der Waals surface area contributed by atoms with Gasteiger partial charge in [0.25, 0.3) is 0 Å². The third-order valence-corrected chi connectivity index (χ3v) is 3.59. The molecular formula is C10H18N2OS. The van der Waals surface area contributed by atoms with Crippen LogP contribution in [0.5, 0.6) is 0 Å². The maximum Gasteiger partial charge on any atom is 0.156 e. The predicted molar refractivity (Wildman–Crippen MR) is 61.0 cm³/mol. The summed E-state index contributed by atoms with van der Waals surface area (Å²) in [7, 11) is 0. The van der Waals surface area contributed by atoms with Gasteiger partial charge in [-0.15, -0.1) is 0 Å². The molecule has 0 radical (unpaired) electrons. The molecular weight excluding hydrogens is 196 g/mol. The second-order valence-corrected chi connectivity index (χ2v) is 4.84. The van der Waals surface area contributed by atoms with Gasteiger partial charge in [-0.05, 0) is 25.7 Å². The van der Waals surface area contributed by atoms with Gasteiger partial charge in [0.2, 0.25) is 0 Å². The first-order valence-electron chi connectivity index (χ1n) is 5.48. The predicted octanol–water partition coefficient (Wildman–Crippen LogP) is 1.64. The van der Waals surface area contributed by atoms with E-state index in [0.29, 0.717) is 6.10 Å². The minimum Gasteiger partial charge on any atom is -0.376 e. The molecule has 14 heavy (non-hydrogen) atoms. The minimum atomic E-state index is 0.411. The fraction of sp³-hybridized carbons (Fsp3) is 0.900. The number of rotatable bonds is 2. The van der Waals surface area contributed by atoms with Crippen molar-refractivity contribution in [2.24, 2.45) is 4.99 Å². The number of ether oxygens (including phenoxy) is 1. The molecule has 1 fully saturated rings. The summed E-state index contributed by atoms with van der Waals surface area (Å²) in [5, 5.41) is 4.50. The molecule has 1 atom stereocenters. The minimum absolute atomic E-state index is 0.411. The Hall–Kier alpha value is -0.220. The molecule has 80 valence electrons. The van der Waals surface area contributed by atoms with E-state index in [4.69, 9.17) is 4.74 Å². The fourth-order valence-electron chi connectivity index (χ4n) is 1.74. The highest BCUT2D eigenvalue weighted by molar-refractivity contribution is 8.13. The average Bonchev–Trinajstić information content (AvgIpc) is 2.29. The molecule has 0 aromatic heterocycles. The highest BCUT2D eigenvalue weighted by Crippen LogP contribution is 2.13. The third-order valence-electron chi connectivity index (χ3n) is 2.55. The zero-order valence-electron chi connectivity index (χ0n) is 8.50. The Balaban J connectivity index is 1.67. The van der Waals surface area contributed by atoms with Gasteiger partial charge in [0.05, 0.1) is 6.10 Å². The van der Waals surface area contributed by atoms with Crippen LogP contribution in [0.1, 0.15) is 25.7 Å². The van der Waals surface area contributed by atoms with Crippen molar-refractivity contribution in [3.05, 3.63) is 0 Å². The SMILES string of the molecule is C1CCC(CNC2=NCCCS2)OC1. The van der Waals surface area contributed by atoms with Crippen LogP contribution in [0, 0.1) is 0 Å². The normalized spacial score (nSPS) is 28.3. The number of hydrogen-bond acceptors (Lipinski definition) is 4. The highest BCUT2D eigenvalue weighted by atomic mass is 32.2. The quantitative estimate of drug-likeness (QED) is 0.758. The maximum atomic E-state index is 5.64. The Bertz CT molecular complexity index is 202. The average molecular weight is 214 g/mol. The monoisotopic (exact) mass is 214 g/mol. The van der Waals surface area contributed by atoms with Crippen molar-refractivity contribution < 1.29 is 4.74 Å². The van der Waals surface area contributed by atoms with Crippen molar-refractivity contribution in [2.75, 3.05) is 25.4 Å². The van der Waals surface area contributed by atoms with E-state index in [1.165, 1.54) is 31.4 Å². The van der Waals surface area contributed by atoms with Crippen molar-refractivity contribution in [3.63, 3.8) is 0 Å². The van der Waals surface area contributed by atoms with Crippen LogP contribution in [-0.2, 0) is 4.74 Å². The molecule has 2 heterocycles. The van der Waals surface area contributed by atoms with Crippen LogP contribution in [0.4, 0.5) is 0 Å². The summed E-state index contributed by atoms with van der Waals surface area (Å²) >= 11 is 1.84. The van der Waals surface area contributed by atoms with Gasteiger partial charge in [0, 0.05) is 25.4 Å². The number of thioether (sulfide) groups is 1. The van der Waals surface area contributed by atoms with Gasteiger partial charge in [-0.1, -0.05) is 11.8 Å². The van der Waals surface area contributed by atoms with Crippen LogP contribution in [-0.4, -0.2) is 36.7 Å². The lowest BCUT2D eigenvalue weighted by molar-refractivity contribution is 0.0196. The topological polar surface area (TPSA) is 33.6 Å². The van der Waals surface area contributed by atoms with Gasteiger partial charge in [-0.2, -0.15) is 0 Å². The third kappa shape index (κ3) is 3.17. The molecule has 2 aliphatic heterocycles. The molecule has 0 aliphatic carbocycles. The van der Waals surface area contributed by atoms with Gasteiger partial charge < -0.3 is 10.1 Å². The number of aliphatic imine (C=N–C) groups is 1. The van der Waals surface area contributed by atoms with Crippen molar-refractivity contribution in [1.82, 2.24) is 5.32 Å². The van der Waals surface area contributed by atoms with Crippen LogP contribution in [0.2, 0.25) is 0 Å². The maximum absolute atomic E-state index is 5.64. The van der Waals surface area contributed by atoms with Crippen molar-refractivity contribution >= 4 is 16.9 Å². The molecule has 0 bridgehead atoms. The Kier molecular flexibility index (Phi) is 4.13. The van der Waals surface area contributed by atoms with Crippen molar-refractivity contribution in [1.29, 1.82) is 0 Å². The van der Waals surface area contributed by atoms with Gasteiger partial charge >= 0.3 is 0 Å². The van der Waals surface area contributed by atoms with Gasteiger partial charge in [0.15, 0.2) is 5.17 Å². The first-order valence-corrected chi connectivity index (χ1v) is 6.46. The van der Waals surface area contributed by atoms with Crippen molar-refractivity contribution in [3.8, 4) is 0 Å². The smallest absolute Gasteiger partial charge is 0.156 e.